The second-order valence-electron chi connectivity index (χ2n) is 3.63. The number of rotatable bonds is 3. The molecule has 0 unspecified atom stereocenters. The van der Waals surface area contributed by atoms with E-state index in [-0.39, 0.29) is 5.91 Å². The van der Waals surface area contributed by atoms with Crippen LogP contribution in [0.2, 0.25) is 0 Å². The van der Waals surface area contributed by atoms with Crippen molar-refractivity contribution in [2.75, 3.05) is 11.9 Å². The minimum atomic E-state index is -0.0979. The summed E-state index contributed by atoms with van der Waals surface area (Å²) in [6.45, 7) is 4.00. The number of fused-ring (bicyclic) bond motifs is 1. The topological polar surface area (TPSA) is 51.2 Å². The lowest BCUT2D eigenvalue weighted by Crippen LogP contribution is -2.06. The molecule has 0 saturated heterocycles. The summed E-state index contributed by atoms with van der Waals surface area (Å²) in [5.41, 5.74) is 1.52. The lowest BCUT2D eigenvalue weighted by Gasteiger charge is -2.10. The maximum atomic E-state index is 11.1. The third kappa shape index (κ3) is 2.36. The van der Waals surface area contributed by atoms with E-state index in [0.717, 1.165) is 22.3 Å². The van der Waals surface area contributed by atoms with Gasteiger partial charge in [0.2, 0.25) is 5.91 Å². The van der Waals surface area contributed by atoms with Gasteiger partial charge in [-0.2, -0.15) is 0 Å². The molecule has 17 heavy (non-hydrogen) atoms. The minimum Gasteiger partial charge on any atom is -0.492 e. The number of nitrogens with zero attached hydrogens (tertiary/aromatic N) is 1. The molecule has 1 N–H and O–H groups in total. The van der Waals surface area contributed by atoms with E-state index in [1.54, 1.807) is 6.20 Å². The van der Waals surface area contributed by atoms with Gasteiger partial charge in [-0.1, -0.05) is 0 Å². The Morgan fingerprint density at radius 3 is 2.94 bits per heavy atom. The van der Waals surface area contributed by atoms with Crippen molar-refractivity contribution in [1.82, 2.24) is 4.98 Å². The van der Waals surface area contributed by atoms with Crippen molar-refractivity contribution >= 4 is 22.5 Å². The SMILES string of the molecule is CCOc1ccc(NC(C)=O)c2cccnc12. The molecule has 0 atom stereocenters. The zero-order valence-electron chi connectivity index (χ0n) is 9.86. The summed E-state index contributed by atoms with van der Waals surface area (Å²) in [5, 5.41) is 3.67. The van der Waals surface area contributed by atoms with E-state index in [0.29, 0.717) is 6.61 Å². The summed E-state index contributed by atoms with van der Waals surface area (Å²) in [7, 11) is 0. The molecule has 4 heteroatoms. The van der Waals surface area contributed by atoms with Crippen LogP contribution < -0.4 is 10.1 Å². The summed E-state index contributed by atoms with van der Waals surface area (Å²) in [6.07, 6.45) is 1.71. The summed E-state index contributed by atoms with van der Waals surface area (Å²) >= 11 is 0. The van der Waals surface area contributed by atoms with E-state index in [2.05, 4.69) is 10.3 Å². The first kappa shape index (κ1) is 11.4. The Morgan fingerprint density at radius 1 is 1.41 bits per heavy atom. The molecule has 1 aromatic heterocycles. The van der Waals surface area contributed by atoms with Crippen LogP contribution in [0.4, 0.5) is 5.69 Å². The predicted octanol–water partition coefficient (Wildman–Crippen LogP) is 2.59. The number of carbonyl (C=O) groups excluding carboxylic acids is 1. The third-order valence-electron chi connectivity index (χ3n) is 2.34. The highest BCUT2D eigenvalue weighted by molar-refractivity contribution is 6.02. The van der Waals surface area contributed by atoms with E-state index < -0.39 is 0 Å². The van der Waals surface area contributed by atoms with Crippen molar-refractivity contribution in [2.45, 2.75) is 13.8 Å². The lowest BCUT2D eigenvalue weighted by atomic mass is 10.1. The Morgan fingerprint density at radius 2 is 2.24 bits per heavy atom. The fourth-order valence-electron chi connectivity index (χ4n) is 1.72. The Hall–Kier alpha value is -2.10. The van der Waals surface area contributed by atoms with Gasteiger partial charge in [0.15, 0.2) is 0 Å². The number of ether oxygens (including phenoxy) is 1. The summed E-state index contributed by atoms with van der Waals surface area (Å²) in [6, 6.07) is 7.40. The van der Waals surface area contributed by atoms with E-state index in [9.17, 15) is 4.79 Å². The summed E-state index contributed by atoms with van der Waals surface area (Å²) in [5.74, 6) is 0.636. The van der Waals surface area contributed by atoms with Crippen LogP contribution in [0.3, 0.4) is 0 Å². The Kier molecular flexibility index (Phi) is 3.23. The van der Waals surface area contributed by atoms with Crippen LogP contribution in [0.5, 0.6) is 5.75 Å². The Balaban J connectivity index is 2.57. The zero-order chi connectivity index (χ0) is 12.3. The van der Waals surface area contributed by atoms with Gasteiger partial charge in [0.1, 0.15) is 11.3 Å². The minimum absolute atomic E-state index is 0.0979. The zero-order valence-corrected chi connectivity index (χ0v) is 9.86. The summed E-state index contributed by atoms with van der Waals surface area (Å²) < 4.78 is 5.50. The molecule has 1 amide bonds. The van der Waals surface area contributed by atoms with Gasteiger partial charge in [-0.25, -0.2) is 0 Å². The molecule has 0 spiro atoms. The van der Waals surface area contributed by atoms with E-state index in [1.165, 1.54) is 6.92 Å². The molecule has 0 saturated carbocycles. The molecule has 1 aromatic carbocycles. The number of hydrogen-bond acceptors (Lipinski definition) is 3. The molecule has 1 heterocycles. The van der Waals surface area contributed by atoms with Crippen LogP contribution in [0.1, 0.15) is 13.8 Å². The number of aromatic nitrogens is 1. The molecular weight excluding hydrogens is 216 g/mol. The van der Waals surface area contributed by atoms with Crippen LogP contribution in [0.15, 0.2) is 30.5 Å². The summed E-state index contributed by atoms with van der Waals surface area (Å²) in [4.78, 5) is 15.4. The number of benzene rings is 1. The van der Waals surface area contributed by atoms with Crippen LogP contribution in [0, 0.1) is 0 Å². The van der Waals surface area contributed by atoms with Crippen LogP contribution in [-0.2, 0) is 4.79 Å². The molecule has 0 fully saturated rings. The molecule has 2 aromatic rings. The smallest absolute Gasteiger partial charge is 0.221 e. The first-order valence-electron chi connectivity index (χ1n) is 5.50. The number of carbonyl (C=O) groups is 1. The molecule has 0 bridgehead atoms. The average molecular weight is 230 g/mol. The largest absolute Gasteiger partial charge is 0.492 e. The van der Waals surface area contributed by atoms with Crippen LogP contribution >= 0.6 is 0 Å². The standard InChI is InChI=1S/C13H14N2O2/c1-3-17-12-7-6-11(15-9(2)16)10-5-4-8-14-13(10)12/h4-8H,3H2,1-2H3,(H,15,16). The second-order valence-corrected chi connectivity index (χ2v) is 3.63. The normalized spacial score (nSPS) is 10.2. The quantitative estimate of drug-likeness (QED) is 0.881. The molecule has 0 aliphatic carbocycles. The predicted molar refractivity (Wildman–Crippen MR) is 67.2 cm³/mol. The molecule has 88 valence electrons. The van der Waals surface area contributed by atoms with Crippen molar-refractivity contribution in [3.63, 3.8) is 0 Å². The van der Waals surface area contributed by atoms with Gasteiger partial charge < -0.3 is 10.1 Å². The maximum absolute atomic E-state index is 11.1. The van der Waals surface area contributed by atoms with Gasteiger partial charge >= 0.3 is 0 Å². The molecule has 2 rings (SSSR count). The van der Waals surface area contributed by atoms with Gasteiger partial charge in [-0.3, -0.25) is 9.78 Å². The molecule has 0 aliphatic heterocycles. The highest BCUT2D eigenvalue weighted by Gasteiger charge is 2.08. The van der Waals surface area contributed by atoms with Crippen molar-refractivity contribution in [1.29, 1.82) is 0 Å². The van der Waals surface area contributed by atoms with Crippen molar-refractivity contribution in [3.05, 3.63) is 30.5 Å². The van der Waals surface area contributed by atoms with Gasteiger partial charge in [0.25, 0.3) is 0 Å². The third-order valence-corrected chi connectivity index (χ3v) is 2.34. The highest BCUT2D eigenvalue weighted by atomic mass is 16.5. The molecule has 0 aliphatic rings. The van der Waals surface area contributed by atoms with Crippen molar-refractivity contribution < 1.29 is 9.53 Å². The van der Waals surface area contributed by atoms with Crippen LogP contribution in [0.25, 0.3) is 10.9 Å². The van der Waals surface area contributed by atoms with Gasteiger partial charge in [0, 0.05) is 18.5 Å². The number of amides is 1. The Bertz CT molecular complexity index is 552. The number of pyridine rings is 1. The second kappa shape index (κ2) is 4.82. The van der Waals surface area contributed by atoms with Gasteiger partial charge in [-0.05, 0) is 31.2 Å². The van der Waals surface area contributed by atoms with Crippen molar-refractivity contribution in [2.24, 2.45) is 0 Å². The van der Waals surface area contributed by atoms with Crippen LogP contribution in [-0.4, -0.2) is 17.5 Å². The monoisotopic (exact) mass is 230 g/mol. The van der Waals surface area contributed by atoms with E-state index in [1.807, 2.05) is 31.2 Å². The average Bonchev–Trinajstić information content (AvgIpc) is 2.32. The lowest BCUT2D eigenvalue weighted by molar-refractivity contribution is -0.114. The first-order chi connectivity index (χ1) is 8.22. The highest BCUT2D eigenvalue weighted by Crippen LogP contribution is 2.29. The van der Waals surface area contributed by atoms with Gasteiger partial charge in [-0.15, -0.1) is 0 Å². The maximum Gasteiger partial charge on any atom is 0.221 e. The molecule has 4 nitrogen and oxygen atoms in total. The molecule has 0 radical (unpaired) electrons. The van der Waals surface area contributed by atoms with Crippen molar-refractivity contribution in [3.8, 4) is 5.75 Å². The van der Waals surface area contributed by atoms with E-state index >= 15 is 0 Å². The van der Waals surface area contributed by atoms with E-state index in [4.69, 9.17) is 4.74 Å². The number of nitrogens with one attached hydrogen (secondary N) is 1. The number of anilines is 1. The molecular formula is C13H14N2O2. The fourth-order valence-corrected chi connectivity index (χ4v) is 1.72. The number of hydrogen-bond donors (Lipinski definition) is 1. The first-order valence-corrected chi connectivity index (χ1v) is 5.50. The fraction of sp³-hybridized carbons (Fsp3) is 0.231. The Labute approximate surface area is 99.6 Å². The van der Waals surface area contributed by atoms with Gasteiger partial charge in [0.05, 0.1) is 12.3 Å².